The highest BCUT2D eigenvalue weighted by atomic mass is 19.1. The standard InChI is InChI=1S/C11H14FNO/c1-3-9(14)8-13(2)11-7-5-4-6-10(11)12/h4-7H,3,8H2,1-2H3. The molecule has 0 saturated heterocycles. The fraction of sp³-hybridized carbons (Fsp3) is 0.364. The summed E-state index contributed by atoms with van der Waals surface area (Å²) in [7, 11) is 1.71. The number of anilines is 1. The minimum atomic E-state index is -0.293. The van der Waals surface area contributed by atoms with Crippen LogP contribution in [0.4, 0.5) is 10.1 Å². The molecule has 0 heterocycles. The van der Waals surface area contributed by atoms with E-state index in [0.717, 1.165) is 0 Å². The average Bonchev–Trinajstić information content (AvgIpc) is 2.18. The molecule has 1 aromatic carbocycles. The van der Waals surface area contributed by atoms with Gasteiger partial charge in [0.1, 0.15) is 5.82 Å². The summed E-state index contributed by atoms with van der Waals surface area (Å²) in [5.74, 6) is -0.186. The summed E-state index contributed by atoms with van der Waals surface area (Å²) in [6, 6.07) is 6.44. The number of carbonyl (C=O) groups excluding carboxylic acids is 1. The SMILES string of the molecule is CCC(=O)CN(C)c1ccccc1F. The number of nitrogens with zero attached hydrogens (tertiary/aromatic N) is 1. The Morgan fingerprint density at radius 2 is 2.07 bits per heavy atom. The molecule has 0 atom stereocenters. The van der Waals surface area contributed by atoms with Crippen LogP contribution >= 0.6 is 0 Å². The van der Waals surface area contributed by atoms with E-state index in [-0.39, 0.29) is 18.1 Å². The molecule has 14 heavy (non-hydrogen) atoms. The van der Waals surface area contributed by atoms with Gasteiger partial charge >= 0.3 is 0 Å². The Morgan fingerprint density at radius 3 is 2.64 bits per heavy atom. The van der Waals surface area contributed by atoms with Crippen molar-refractivity contribution in [2.75, 3.05) is 18.5 Å². The van der Waals surface area contributed by atoms with Crippen LogP contribution in [0.25, 0.3) is 0 Å². The molecule has 0 N–H and O–H groups in total. The minimum absolute atomic E-state index is 0.107. The van der Waals surface area contributed by atoms with E-state index >= 15 is 0 Å². The minimum Gasteiger partial charge on any atom is -0.365 e. The van der Waals surface area contributed by atoms with Crippen LogP contribution in [0, 0.1) is 5.82 Å². The quantitative estimate of drug-likeness (QED) is 0.734. The van der Waals surface area contributed by atoms with Gasteiger partial charge in [-0.15, -0.1) is 0 Å². The number of hydrogen-bond acceptors (Lipinski definition) is 2. The molecule has 3 heteroatoms. The molecule has 1 rings (SSSR count). The molecular formula is C11H14FNO. The molecule has 0 spiro atoms. The van der Waals surface area contributed by atoms with E-state index in [1.54, 1.807) is 37.1 Å². The average molecular weight is 195 g/mol. The fourth-order valence-electron chi connectivity index (χ4n) is 1.22. The molecule has 0 bridgehead atoms. The fourth-order valence-corrected chi connectivity index (χ4v) is 1.22. The van der Waals surface area contributed by atoms with Gasteiger partial charge in [0, 0.05) is 13.5 Å². The number of rotatable bonds is 4. The first-order chi connectivity index (χ1) is 6.65. The van der Waals surface area contributed by atoms with E-state index in [1.165, 1.54) is 6.07 Å². The maximum atomic E-state index is 13.2. The van der Waals surface area contributed by atoms with Crippen LogP contribution in [0.15, 0.2) is 24.3 Å². The summed E-state index contributed by atoms with van der Waals surface area (Å²) >= 11 is 0. The summed E-state index contributed by atoms with van der Waals surface area (Å²) in [5, 5.41) is 0. The second kappa shape index (κ2) is 4.74. The molecule has 0 aliphatic heterocycles. The van der Waals surface area contributed by atoms with Crippen LogP contribution in [0.5, 0.6) is 0 Å². The highest BCUT2D eigenvalue weighted by Crippen LogP contribution is 2.16. The number of ketones is 1. The number of halogens is 1. The largest absolute Gasteiger partial charge is 0.365 e. The van der Waals surface area contributed by atoms with E-state index in [9.17, 15) is 9.18 Å². The van der Waals surface area contributed by atoms with Crippen molar-refractivity contribution < 1.29 is 9.18 Å². The number of para-hydroxylation sites is 1. The lowest BCUT2D eigenvalue weighted by atomic mass is 10.2. The van der Waals surface area contributed by atoms with Gasteiger partial charge in [-0.3, -0.25) is 4.79 Å². The zero-order chi connectivity index (χ0) is 10.6. The number of Topliss-reactive ketones (excluding diaryl/α,β-unsaturated/α-hetero) is 1. The summed E-state index contributed by atoms with van der Waals surface area (Å²) < 4.78 is 13.2. The monoisotopic (exact) mass is 195 g/mol. The molecule has 2 nitrogen and oxygen atoms in total. The predicted octanol–water partition coefficient (Wildman–Crippen LogP) is 2.24. The van der Waals surface area contributed by atoms with E-state index in [2.05, 4.69) is 0 Å². The molecular weight excluding hydrogens is 181 g/mol. The number of benzene rings is 1. The predicted molar refractivity (Wildman–Crippen MR) is 55.0 cm³/mol. The van der Waals surface area contributed by atoms with Crippen molar-refractivity contribution >= 4 is 11.5 Å². The van der Waals surface area contributed by atoms with Gasteiger partial charge in [-0.2, -0.15) is 0 Å². The van der Waals surface area contributed by atoms with E-state index in [4.69, 9.17) is 0 Å². The Bertz CT molecular complexity index is 325. The summed E-state index contributed by atoms with van der Waals surface area (Å²) in [5.41, 5.74) is 0.467. The Kier molecular flexibility index (Phi) is 3.63. The third kappa shape index (κ3) is 2.55. The van der Waals surface area contributed by atoms with Crippen LogP contribution in [-0.2, 0) is 4.79 Å². The van der Waals surface area contributed by atoms with Crippen molar-refractivity contribution in [2.24, 2.45) is 0 Å². The molecule has 0 amide bonds. The third-order valence-corrected chi connectivity index (χ3v) is 2.07. The Morgan fingerprint density at radius 1 is 1.43 bits per heavy atom. The van der Waals surface area contributed by atoms with Crippen molar-refractivity contribution in [3.05, 3.63) is 30.1 Å². The van der Waals surface area contributed by atoms with E-state index in [1.807, 2.05) is 0 Å². The van der Waals surface area contributed by atoms with Gasteiger partial charge in [0.15, 0.2) is 5.78 Å². The van der Waals surface area contributed by atoms with E-state index in [0.29, 0.717) is 12.1 Å². The van der Waals surface area contributed by atoms with Gasteiger partial charge in [-0.05, 0) is 12.1 Å². The van der Waals surface area contributed by atoms with Gasteiger partial charge < -0.3 is 4.90 Å². The maximum Gasteiger partial charge on any atom is 0.151 e. The molecule has 1 aromatic rings. The first-order valence-electron chi connectivity index (χ1n) is 4.62. The summed E-state index contributed by atoms with van der Waals surface area (Å²) in [4.78, 5) is 12.8. The van der Waals surface area contributed by atoms with Crippen molar-refractivity contribution in [1.29, 1.82) is 0 Å². The van der Waals surface area contributed by atoms with Crippen molar-refractivity contribution in [1.82, 2.24) is 0 Å². The van der Waals surface area contributed by atoms with Gasteiger partial charge in [0.2, 0.25) is 0 Å². The lowest BCUT2D eigenvalue weighted by Gasteiger charge is -2.18. The van der Waals surface area contributed by atoms with Gasteiger partial charge in [0.05, 0.1) is 12.2 Å². The first kappa shape index (κ1) is 10.7. The zero-order valence-corrected chi connectivity index (χ0v) is 8.46. The molecule has 0 aliphatic carbocycles. The molecule has 0 saturated carbocycles. The maximum absolute atomic E-state index is 13.2. The molecule has 76 valence electrons. The smallest absolute Gasteiger partial charge is 0.151 e. The molecule has 0 aromatic heterocycles. The summed E-state index contributed by atoms with van der Waals surface area (Å²) in [6.07, 6.45) is 0.485. The normalized spacial score (nSPS) is 9.93. The first-order valence-corrected chi connectivity index (χ1v) is 4.62. The number of hydrogen-bond donors (Lipinski definition) is 0. The molecule has 0 fully saturated rings. The van der Waals surface area contributed by atoms with E-state index < -0.39 is 0 Å². The third-order valence-electron chi connectivity index (χ3n) is 2.07. The van der Waals surface area contributed by atoms with Crippen LogP contribution in [0.2, 0.25) is 0 Å². The summed E-state index contributed by atoms with van der Waals surface area (Å²) in [6.45, 7) is 2.06. The van der Waals surface area contributed by atoms with Crippen molar-refractivity contribution in [2.45, 2.75) is 13.3 Å². The van der Waals surface area contributed by atoms with Gasteiger partial charge in [0.25, 0.3) is 0 Å². The van der Waals surface area contributed by atoms with Crippen molar-refractivity contribution in [3.63, 3.8) is 0 Å². The highest BCUT2D eigenvalue weighted by Gasteiger charge is 2.08. The van der Waals surface area contributed by atoms with Crippen LogP contribution in [-0.4, -0.2) is 19.4 Å². The topological polar surface area (TPSA) is 20.3 Å². The number of likely N-dealkylation sites (N-methyl/N-ethyl adjacent to an activating group) is 1. The Labute approximate surface area is 83.3 Å². The second-order valence-corrected chi connectivity index (χ2v) is 3.20. The van der Waals surface area contributed by atoms with Gasteiger partial charge in [-0.1, -0.05) is 19.1 Å². The van der Waals surface area contributed by atoms with Crippen LogP contribution < -0.4 is 4.90 Å². The zero-order valence-electron chi connectivity index (χ0n) is 8.46. The number of carbonyl (C=O) groups is 1. The van der Waals surface area contributed by atoms with Crippen molar-refractivity contribution in [3.8, 4) is 0 Å². The molecule has 0 aliphatic rings. The second-order valence-electron chi connectivity index (χ2n) is 3.20. The van der Waals surface area contributed by atoms with Crippen LogP contribution in [0.3, 0.4) is 0 Å². The van der Waals surface area contributed by atoms with Crippen LogP contribution in [0.1, 0.15) is 13.3 Å². The molecule has 0 radical (unpaired) electrons. The lowest BCUT2D eigenvalue weighted by molar-refractivity contribution is -0.117. The van der Waals surface area contributed by atoms with Gasteiger partial charge in [-0.25, -0.2) is 4.39 Å². The Hall–Kier alpha value is -1.38. The highest BCUT2D eigenvalue weighted by molar-refractivity contribution is 5.83. The molecule has 0 unspecified atom stereocenters. The lowest BCUT2D eigenvalue weighted by Crippen LogP contribution is -2.25. The Balaban J connectivity index is 2.74.